The average Bonchev–Trinajstić information content (AvgIpc) is 3.40. The maximum atomic E-state index is 12.5. The Morgan fingerprint density at radius 1 is 1.32 bits per heavy atom. The summed E-state index contributed by atoms with van der Waals surface area (Å²) >= 11 is 0. The SMILES string of the molecule is CC[C@H](C)n1nc(C)cc1NC(=O)Cn1cc(-c2ncnc3nc[nH]c23)cn1. The zero-order valence-corrected chi connectivity index (χ0v) is 15.9. The highest BCUT2D eigenvalue weighted by molar-refractivity contribution is 5.90. The van der Waals surface area contributed by atoms with Gasteiger partial charge >= 0.3 is 0 Å². The van der Waals surface area contributed by atoms with E-state index in [0.29, 0.717) is 17.2 Å². The fourth-order valence-corrected chi connectivity index (χ4v) is 3.00. The molecule has 0 aliphatic rings. The molecule has 4 heterocycles. The molecule has 0 aliphatic carbocycles. The van der Waals surface area contributed by atoms with Crippen molar-refractivity contribution in [1.82, 2.24) is 39.5 Å². The molecule has 0 fully saturated rings. The highest BCUT2D eigenvalue weighted by Crippen LogP contribution is 2.22. The number of carbonyl (C=O) groups is 1. The van der Waals surface area contributed by atoms with Crippen molar-refractivity contribution < 1.29 is 4.79 Å². The van der Waals surface area contributed by atoms with Crippen molar-refractivity contribution in [2.24, 2.45) is 0 Å². The molecule has 4 rings (SSSR count). The fraction of sp³-hybridized carbons (Fsp3) is 0.333. The van der Waals surface area contributed by atoms with Crippen molar-refractivity contribution in [2.75, 3.05) is 5.32 Å². The minimum absolute atomic E-state index is 0.0853. The first-order valence-electron chi connectivity index (χ1n) is 9.08. The van der Waals surface area contributed by atoms with Gasteiger partial charge in [0, 0.05) is 17.8 Å². The number of hydrogen-bond acceptors (Lipinski definition) is 6. The third kappa shape index (κ3) is 3.36. The lowest BCUT2D eigenvalue weighted by Crippen LogP contribution is -2.22. The molecule has 28 heavy (non-hydrogen) atoms. The van der Waals surface area contributed by atoms with E-state index in [2.05, 4.69) is 49.3 Å². The van der Waals surface area contributed by atoms with E-state index >= 15 is 0 Å². The van der Waals surface area contributed by atoms with Gasteiger partial charge in [0.1, 0.15) is 29.9 Å². The molecule has 0 saturated heterocycles. The van der Waals surface area contributed by atoms with Gasteiger partial charge in [0.25, 0.3) is 0 Å². The number of amides is 1. The first-order chi connectivity index (χ1) is 13.5. The van der Waals surface area contributed by atoms with Crippen molar-refractivity contribution >= 4 is 22.9 Å². The lowest BCUT2D eigenvalue weighted by atomic mass is 10.2. The number of carbonyl (C=O) groups excluding carboxylic acids is 1. The summed E-state index contributed by atoms with van der Waals surface area (Å²) in [6.07, 6.45) is 7.40. The van der Waals surface area contributed by atoms with Gasteiger partial charge in [-0.05, 0) is 20.3 Å². The molecule has 0 bridgehead atoms. The van der Waals surface area contributed by atoms with Crippen LogP contribution in [0, 0.1) is 6.92 Å². The second-order valence-electron chi connectivity index (χ2n) is 6.67. The number of fused-ring (bicyclic) bond motifs is 1. The molecular weight excluding hydrogens is 358 g/mol. The van der Waals surface area contributed by atoms with Crippen LogP contribution in [0.2, 0.25) is 0 Å². The highest BCUT2D eigenvalue weighted by atomic mass is 16.2. The van der Waals surface area contributed by atoms with Crippen molar-refractivity contribution in [1.29, 1.82) is 0 Å². The van der Waals surface area contributed by atoms with E-state index in [4.69, 9.17) is 0 Å². The van der Waals surface area contributed by atoms with Gasteiger partial charge in [-0.25, -0.2) is 19.6 Å². The number of nitrogens with zero attached hydrogens (tertiary/aromatic N) is 7. The molecule has 0 aliphatic heterocycles. The standard InChI is InChI=1S/C18H21N9O/c1-4-12(3)27-14(5-11(2)25-27)24-15(28)8-26-7-13(6-23-26)16-17-18(21-9-19-16)22-10-20-17/h5-7,9-10,12H,4,8H2,1-3H3,(H,24,28)(H,19,20,21,22)/t12-/m0/s1. The van der Waals surface area contributed by atoms with Crippen molar-refractivity contribution in [2.45, 2.75) is 39.8 Å². The molecule has 2 N–H and O–H groups in total. The zero-order valence-electron chi connectivity index (χ0n) is 15.9. The van der Waals surface area contributed by atoms with E-state index in [-0.39, 0.29) is 18.5 Å². The second-order valence-corrected chi connectivity index (χ2v) is 6.67. The Kier molecular flexibility index (Phi) is 4.60. The number of rotatable bonds is 6. The van der Waals surface area contributed by atoms with Gasteiger partial charge in [-0.2, -0.15) is 10.2 Å². The molecule has 0 saturated carbocycles. The quantitative estimate of drug-likeness (QED) is 0.531. The van der Waals surface area contributed by atoms with E-state index < -0.39 is 0 Å². The van der Waals surface area contributed by atoms with Crippen molar-refractivity contribution in [3.63, 3.8) is 0 Å². The first kappa shape index (κ1) is 17.8. The topological polar surface area (TPSA) is 119 Å². The number of anilines is 1. The maximum Gasteiger partial charge on any atom is 0.247 e. The molecule has 10 nitrogen and oxygen atoms in total. The molecule has 0 unspecified atom stereocenters. The third-order valence-corrected chi connectivity index (χ3v) is 4.57. The summed E-state index contributed by atoms with van der Waals surface area (Å²) < 4.78 is 3.42. The predicted molar refractivity (Wildman–Crippen MR) is 104 cm³/mol. The van der Waals surface area contributed by atoms with Crippen LogP contribution in [0.25, 0.3) is 22.4 Å². The summed E-state index contributed by atoms with van der Waals surface area (Å²) in [6, 6.07) is 2.07. The van der Waals surface area contributed by atoms with Crippen LogP contribution >= 0.6 is 0 Å². The Bertz CT molecular complexity index is 1120. The Hall–Kier alpha value is -3.56. The molecule has 10 heteroatoms. The highest BCUT2D eigenvalue weighted by Gasteiger charge is 2.15. The Morgan fingerprint density at radius 3 is 3.00 bits per heavy atom. The van der Waals surface area contributed by atoms with Crippen LogP contribution in [0.15, 0.2) is 31.1 Å². The van der Waals surface area contributed by atoms with Gasteiger partial charge in [0.05, 0.1) is 24.3 Å². The van der Waals surface area contributed by atoms with Gasteiger partial charge in [0.2, 0.25) is 5.91 Å². The summed E-state index contributed by atoms with van der Waals surface area (Å²) in [7, 11) is 0. The van der Waals surface area contributed by atoms with Crippen LogP contribution in [-0.2, 0) is 11.3 Å². The monoisotopic (exact) mass is 379 g/mol. The minimum Gasteiger partial charge on any atom is -0.341 e. The van der Waals surface area contributed by atoms with Crippen LogP contribution in [0.3, 0.4) is 0 Å². The van der Waals surface area contributed by atoms with Crippen LogP contribution < -0.4 is 5.32 Å². The average molecular weight is 379 g/mol. The lowest BCUT2D eigenvalue weighted by Gasteiger charge is -2.14. The number of H-pyrrole nitrogens is 1. The summed E-state index contributed by atoms with van der Waals surface area (Å²) in [5.74, 6) is 0.521. The summed E-state index contributed by atoms with van der Waals surface area (Å²) in [5.41, 5.74) is 3.66. The molecular formula is C18H21N9O. The summed E-state index contributed by atoms with van der Waals surface area (Å²) in [6.45, 7) is 6.15. The fourth-order valence-electron chi connectivity index (χ4n) is 3.00. The van der Waals surface area contributed by atoms with Crippen molar-refractivity contribution in [3.8, 4) is 11.3 Å². The van der Waals surface area contributed by atoms with Gasteiger partial charge in [-0.15, -0.1) is 0 Å². The molecule has 1 atom stereocenters. The van der Waals surface area contributed by atoms with E-state index in [1.54, 1.807) is 23.4 Å². The van der Waals surface area contributed by atoms with E-state index in [1.807, 2.05) is 17.7 Å². The molecule has 0 spiro atoms. The third-order valence-electron chi connectivity index (χ3n) is 4.57. The second kappa shape index (κ2) is 7.22. The summed E-state index contributed by atoms with van der Waals surface area (Å²) in [5, 5.41) is 11.7. The van der Waals surface area contributed by atoms with Crippen LogP contribution in [0.5, 0.6) is 0 Å². The van der Waals surface area contributed by atoms with Gasteiger partial charge in [0.15, 0.2) is 5.65 Å². The normalized spacial score (nSPS) is 12.4. The van der Waals surface area contributed by atoms with Crippen LogP contribution in [0.1, 0.15) is 32.0 Å². The smallest absolute Gasteiger partial charge is 0.247 e. The molecule has 4 aromatic heterocycles. The molecule has 0 aromatic carbocycles. The zero-order chi connectivity index (χ0) is 19.7. The number of hydrogen-bond donors (Lipinski definition) is 2. The van der Waals surface area contributed by atoms with Gasteiger partial charge in [-0.3, -0.25) is 9.48 Å². The van der Waals surface area contributed by atoms with E-state index in [1.165, 1.54) is 6.33 Å². The van der Waals surface area contributed by atoms with Gasteiger partial charge in [-0.1, -0.05) is 6.92 Å². The Labute approximate surface area is 161 Å². The minimum atomic E-state index is -0.173. The van der Waals surface area contributed by atoms with Crippen molar-refractivity contribution in [3.05, 3.63) is 36.8 Å². The van der Waals surface area contributed by atoms with Crippen LogP contribution in [-0.4, -0.2) is 45.4 Å². The number of nitrogens with one attached hydrogen (secondary N) is 2. The summed E-state index contributed by atoms with van der Waals surface area (Å²) in [4.78, 5) is 28.1. The molecule has 144 valence electrons. The largest absolute Gasteiger partial charge is 0.341 e. The maximum absolute atomic E-state index is 12.5. The predicted octanol–water partition coefficient (Wildman–Crippen LogP) is 2.33. The molecule has 1 amide bonds. The number of imidazole rings is 1. The number of aryl methyl sites for hydroxylation is 1. The number of aromatic nitrogens is 8. The Morgan fingerprint density at radius 2 is 2.18 bits per heavy atom. The first-order valence-corrected chi connectivity index (χ1v) is 9.08. The van der Waals surface area contributed by atoms with E-state index in [0.717, 1.165) is 23.2 Å². The number of aromatic amines is 1. The lowest BCUT2D eigenvalue weighted by molar-refractivity contribution is -0.117. The van der Waals surface area contributed by atoms with E-state index in [9.17, 15) is 4.79 Å². The van der Waals surface area contributed by atoms with Crippen LogP contribution in [0.4, 0.5) is 5.82 Å². The Balaban J connectivity index is 1.50. The molecule has 0 radical (unpaired) electrons. The molecule has 4 aromatic rings. The van der Waals surface area contributed by atoms with Gasteiger partial charge < -0.3 is 10.3 Å².